The van der Waals surface area contributed by atoms with Gasteiger partial charge < -0.3 is 21.1 Å². The van der Waals surface area contributed by atoms with Crippen molar-refractivity contribution in [2.75, 3.05) is 37.9 Å². The van der Waals surface area contributed by atoms with Crippen molar-refractivity contribution >= 4 is 17.3 Å². The Morgan fingerprint density at radius 1 is 1.38 bits per heavy atom. The number of amides is 1. The second-order valence-corrected chi connectivity index (χ2v) is 5.92. The summed E-state index contributed by atoms with van der Waals surface area (Å²) in [6, 6.07) is 5.34. The molecule has 0 saturated heterocycles. The van der Waals surface area contributed by atoms with Gasteiger partial charge in [-0.05, 0) is 37.0 Å². The minimum Gasteiger partial charge on any atom is -0.397 e. The largest absolute Gasteiger partial charge is 0.397 e. The fraction of sp³-hybridized carbons (Fsp3) is 0.562. The van der Waals surface area contributed by atoms with Crippen LogP contribution in [0.2, 0.25) is 0 Å². The zero-order valence-electron chi connectivity index (χ0n) is 13.5. The van der Waals surface area contributed by atoms with Crippen molar-refractivity contribution in [1.82, 2.24) is 5.32 Å². The van der Waals surface area contributed by atoms with E-state index in [0.29, 0.717) is 17.8 Å². The van der Waals surface area contributed by atoms with Gasteiger partial charge in [-0.3, -0.25) is 4.79 Å². The van der Waals surface area contributed by atoms with E-state index in [1.165, 1.54) is 0 Å². The number of rotatable bonds is 8. The minimum atomic E-state index is -0.101. The maximum atomic E-state index is 11.7. The monoisotopic (exact) mass is 293 g/mol. The summed E-state index contributed by atoms with van der Waals surface area (Å²) in [6.07, 6.45) is 0.966. The van der Waals surface area contributed by atoms with E-state index in [2.05, 4.69) is 24.5 Å². The summed E-state index contributed by atoms with van der Waals surface area (Å²) < 4.78 is 5.12. The van der Waals surface area contributed by atoms with Crippen LogP contribution < -0.4 is 16.4 Å². The van der Waals surface area contributed by atoms with Gasteiger partial charge in [0.05, 0.1) is 11.4 Å². The topological polar surface area (TPSA) is 76.4 Å². The standard InChI is InChI=1S/C16H27N3O2/c1-5-18-15(20)12-6-7-14(13(17)10-12)19-11-16(2,3)8-9-21-4/h6-7,10,19H,5,8-9,11,17H2,1-4H3,(H,18,20). The molecule has 1 aromatic rings. The molecule has 5 heteroatoms. The lowest BCUT2D eigenvalue weighted by atomic mass is 9.89. The number of nitrogens with one attached hydrogen (secondary N) is 2. The highest BCUT2D eigenvalue weighted by molar-refractivity contribution is 5.96. The third-order valence-corrected chi connectivity index (χ3v) is 3.39. The molecular weight excluding hydrogens is 266 g/mol. The molecule has 1 rings (SSSR count). The number of carbonyl (C=O) groups is 1. The van der Waals surface area contributed by atoms with Crippen LogP contribution in [0.5, 0.6) is 0 Å². The van der Waals surface area contributed by atoms with E-state index < -0.39 is 0 Å². The molecule has 21 heavy (non-hydrogen) atoms. The molecule has 0 aliphatic carbocycles. The molecule has 1 amide bonds. The Hall–Kier alpha value is -1.75. The first-order chi connectivity index (χ1) is 9.89. The van der Waals surface area contributed by atoms with Crippen LogP contribution in [0.15, 0.2) is 18.2 Å². The summed E-state index contributed by atoms with van der Waals surface area (Å²) in [5.41, 5.74) is 8.15. The average Bonchev–Trinajstić information content (AvgIpc) is 2.44. The van der Waals surface area contributed by atoms with Gasteiger partial charge in [0, 0.05) is 32.4 Å². The molecule has 0 radical (unpaired) electrons. The Kier molecular flexibility index (Phi) is 6.49. The van der Waals surface area contributed by atoms with Crippen molar-refractivity contribution in [2.24, 2.45) is 5.41 Å². The SMILES string of the molecule is CCNC(=O)c1ccc(NCC(C)(C)CCOC)c(N)c1. The summed E-state index contributed by atoms with van der Waals surface area (Å²) in [4.78, 5) is 11.7. The first-order valence-electron chi connectivity index (χ1n) is 7.30. The second kappa shape index (κ2) is 7.88. The molecule has 4 N–H and O–H groups in total. The molecule has 0 heterocycles. The van der Waals surface area contributed by atoms with Gasteiger partial charge in [0.2, 0.25) is 0 Å². The van der Waals surface area contributed by atoms with Crippen LogP contribution in [-0.2, 0) is 4.74 Å². The quantitative estimate of drug-likeness (QED) is 0.644. The van der Waals surface area contributed by atoms with Crippen molar-refractivity contribution in [3.8, 4) is 0 Å². The highest BCUT2D eigenvalue weighted by Gasteiger charge is 2.17. The molecule has 0 atom stereocenters. The molecule has 5 nitrogen and oxygen atoms in total. The molecule has 0 fully saturated rings. The lowest BCUT2D eigenvalue weighted by Gasteiger charge is -2.25. The van der Waals surface area contributed by atoms with Gasteiger partial charge in [0.1, 0.15) is 0 Å². The Morgan fingerprint density at radius 2 is 2.10 bits per heavy atom. The predicted molar refractivity (Wildman–Crippen MR) is 87.6 cm³/mol. The molecule has 1 aromatic carbocycles. The Bertz CT molecular complexity index is 473. The molecule has 0 spiro atoms. The minimum absolute atomic E-state index is 0.101. The fourth-order valence-corrected chi connectivity index (χ4v) is 1.93. The zero-order chi connectivity index (χ0) is 15.9. The maximum Gasteiger partial charge on any atom is 0.251 e. The molecule has 0 unspecified atom stereocenters. The molecule has 0 aromatic heterocycles. The van der Waals surface area contributed by atoms with Gasteiger partial charge >= 0.3 is 0 Å². The maximum absolute atomic E-state index is 11.7. The van der Waals surface area contributed by atoms with E-state index in [0.717, 1.165) is 25.3 Å². The first-order valence-corrected chi connectivity index (χ1v) is 7.30. The van der Waals surface area contributed by atoms with Gasteiger partial charge in [-0.2, -0.15) is 0 Å². The van der Waals surface area contributed by atoms with Crippen LogP contribution in [0.3, 0.4) is 0 Å². The summed E-state index contributed by atoms with van der Waals surface area (Å²) in [6.45, 7) is 8.38. The average molecular weight is 293 g/mol. The smallest absolute Gasteiger partial charge is 0.251 e. The van der Waals surface area contributed by atoms with Crippen LogP contribution in [-0.4, -0.2) is 32.7 Å². The summed E-state index contributed by atoms with van der Waals surface area (Å²) in [7, 11) is 1.71. The number of anilines is 2. The van der Waals surface area contributed by atoms with E-state index in [9.17, 15) is 4.79 Å². The Labute approximate surface area is 127 Å². The van der Waals surface area contributed by atoms with Crippen molar-refractivity contribution in [3.05, 3.63) is 23.8 Å². The van der Waals surface area contributed by atoms with Gasteiger partial charge in [-0.15, -0.1) is 0 Å². The lowest BCUT2D eigenvalue weighted by molar-refractivity contribution is 0.0956. The van der Waals surface area contributed by atoms with Crippen molar-refractivity contribution in [1.29, 1.82) is 0 Å². The first kappa shape index (κ1) is 17.3. The van der Waals surface area contributed by atoms with Crippen LogP contribution in [0.1, 0.15) is 37.6 Å². The van der Waals surface area contributed by atoms with Crippen LogP contribution >= 0.6 is 0 Å². The van der Waals surface area contributed by atoms with Crippen LogP contribution in [0.4, 0.5) is 11.4 Å². The summed E-state index contributed by atoms with van der Waals surface area (Å²) in [5, 5.41) is 6.11. The number of hydrogen-bond acceptors (Lipinski definition) is 4. The van der Waals surface area contributed by atoms with Crippen molar-refractivity contribution in [2.45, 2.75) is 27.2 Å². The molecule has 0 aliphatic heterocycles. The van der Waals surface area contributed by atoms with E-state index in [-0.39, 0.29) is 11.3 Å². The summed E-state index contributed by atoms with van der Waals surface area (Å²) in [5.74, 6) is -0.101. The highest BCUT2D eigenvalue weighted by atomic mass is 16.5. The fourth-order valence-electron chi connectivity index (χ4n) is 1.93. The van der Waals surface area contributed by atoms with Gasteiger partial charge in [0.15, 0.2) is 0 Å². The normalized spacial score (nSPS) is 11.2. The third-order valence-electron chi connectivity index (χ3n) is 3.39. The zero-order valence-corrected chi connectivity index (χ0v) is 13.5. The Morgan fingerprint density at radius 3 is 2.67 bits per heavy atom. The number of benzene rings is 1. The van der Waals surface area contributed by atoms with Crippen LogP contribution in [0, 0.1) is 5.41 Å². The second-order valence-electron chi connectivity index (χ2n) is 5.92. The predicted octanol–water partition coefficient (Wildman–Crippen LogP) is 2.49. The third kappa shape index (κ3) is 5.63. The van der Waals surface area contributed by atoms with Crippen molar-refractivity contribution < 1.29 is 9.53 Å². The van der Waals surface area contributed by atoms with E-state index in [1.54, 1.807) is 19.2 Å². The molecule has 118 valence electrons. The van der Waals surface area contributed by atoms with E-state index >= 15 is 0 Å². The van der Waals surface area contributed by atoms with Gasteiger partial charge in [-0.25, -0.2) is 0 Å². The lowest BCUT2D eigenvalue weighted by Crippen LogP contribution is -2.25. The van der Waals surface area contributed by atoms with E-state index in [1.807, 2.05) is 13.0 Å². The van der Waals surface area contributed by atoms with Crippen molar-refractivity contribution in [3.63, 3.8) is 0 Å². The van der Waals surface area contributed by atoms with Gasteiger partial charge in [-0.1, -0.05) is 13.8 Å². The molecule has 0 saturated carbocycles. The summed E-state index contributed by atoms with van der Waals surface area (Å²) >= 11 is 0. The number of nitrogen functional groups attached to an aromatic ring is 1. The number of ether oxygens (including phenoxy) is 1. The molecular formula is C16H27N3O2. The molecule has 0 bridgehead atoms. The Balaban J connectivity index is 2.66. The number of carbonyl (C=O) groups excluding carboxylic acids is 1. The molecule has 0 aliphatic rings. The number of hydrogen-bond donors (Lipinski definition) is 3. The number of nitrogens with two attached hydrogens (primary N) is 1. The van der Waals surface area contributed by atoms with Crippen LogP contribution in [0.25, 0.3) is 0 Å². The van der Waals surface area contributed by atoms with E-state index in [4.69, 9.17) is 10.5 Å². The number of methoxy groups -OCH3 is 1. The van der Waals surface area contributed by atoms with Gasteiger partial charge in [0.25, 0.3) is 5.91 Å². The highest BCUT2D eigenvalue weighted by Crippen LogP contribution is 2.25.